The van der Waals surface area contributed by atoms with Gasteiger partial charge in [0.15, 0.2) is 0 Å². The molecular weight excluding hydrogens is 224 g/mol. The molecule has 0 unspecified atom stereocenters. The predicted octanol–water partition coefficient (Wildman–Crippen LogP) is 3.14. The number of hydrogen-bond donors (Lipinski definition) is 1. The van der Waals surface area contributed by atoms with Crippen LogP contribution in [0.4, 0.5) is 0 Å². The second-order valence-electron chi connectivity index (χ2n) is 4.80. The molecular formula is C14H28N4. The van der Waals surface area contributed by atoms with E-state index in [0.717, 1.165) is 25.5 Å². The Morgan fingerprint density at radius 2 is 1.78 bits per heavy atom. The smallest absolute Gasteiger partial charge is 0.140 e. The number of aryl methyl sites for hydroxylation is 1. The highest BCUT2D eigenvalue weighted by Crippen LogP contribution is 2.08. The number of hydrogen-bond acceptors (Lipinski definition) is 3. The van der Waals surface area contributed by atoms with Crippen molar-refractivity contribution in [3.63, 3.8) is 0 Å². The van der Waals surface area contributed by atoms with Crippen molar-refractivity contribution >= 4 is 0 Å². The summed E-state index contributed by atoms with van der Waals surface area (Å²) in [5.74, 6) is 1.06. The van der Waals surface area contributed by atoms with E-state index in [1.54, 1.807) is 6.33 Å². The Morgan fingerprint density at radius 1 is 1.06 bits per heavy atom. The van der Waals surface area contributed by atoms with Crippen molar-refractivity contribution in [2.45, 2.75) is 71.9 Å². The maximum atomic E-state index is 4.28. The molecule has 0 bridgehead atoms. The molecule has 104 valence electrons. The van der Waals surface area contributed by atoms with Crippen LogP contribution in [0, 0.1) is 0 Å². The second-order valence-corrected chi connectivity index (χ2v) is 4.80. The van der Waals surface area contributed by atoms with Gasteiger partial charge in [0.2, 0.25) is 0 Å². The zero-order chi connectivity index (χ0) is 13.1. The van der Waals surface area contributed by atoms with Crippen LogP contribution in [0.3, 0.4) is 0 Å². The third kappa shape index (κ3) is 6.15. The molecule has 0 radical (unpaired) electrons. The van der Waals surface area contributed by atoms with Gasteiger partial charge in [0.05, 0.1) is 6.54 Å². The van der Waals surface area contributed by atoms with Crippen LogP contribution in [0.5, 0.6) is 0 Å². The van der Waals surface area contributed by atoms with Crippen LogP contribution < -0.4 is 5.32 Å². The lowest BCUT2D eigenvalue weighted by Gasteiger charge is -2.06. The fraction of sp³-hybridized carbons (Fsp3) is 0.857. The molecule has 0 aromatic carbocycles. The van der Waals surface area contributed by atoms with Crippen LogP contribution in [-0.2, 0) is 13.1 Å². The molecule has 0 aliphatic heterocycles. The zero-order valence-electron chi connectivity index (χ0n) is 12.0. The van der Waals surface area contributed by atoms with E-state index in [-0.39, 0.29) is 0 Å². The molecule has 4 heteroatoms. The summed E-state index contributed by atoms with van der Waals surface area (Å²) in [6.45, 7) is 7.18. The summed E-state index contributed by atoms with van der Waals surface area (Å²) in [6.07, 6.45) is 11.0. The SMILES string of the molecule is CCCCCCCCCn1ncnc1CNCC. The summed E-state index contributed by atoms with van der Waals surface area (Å²) in [5.41, 5.74) is 0. The summed E-state index contributed by atoms with van der Waals surface area (Å²) in [5, 5.41) is 7.57. The Balaban J connectivity index is 2.09. The lowest BCUT2D eigenvalue weighted by atomic mass is 10.1. The second kappa shape index (κ2) is 10.1. The van der Waals surface area contributed by atoms with Gasteiger partial charge in [-0.2, -0.15) is 5.10 Å². The molecule has 0 saturated carbocycles. The highest BCUT2D eigenvalue weighted by Gasteiger charge is 2.02. The first kappa shape index (κ1) is 15.2. The van der Waals surface area contributed by atoms with E-state index >= 15 is 0 Å². The van der Waals surface area contributed by atoms with Crippen molar-refractivity contribution in [1.29, 1.82) is 0 Å². The Bertz CT molecular complexity index is 296. The molecule has 4 nitrogen and oxygen atoms in total. The van der Waals surface area contributed by atoms with Gasteiger partial charge in [-0.3, -0.25) is 0 Å². The van der Waals surface area contributed by atoms with Crippen molar-refractivity contribution in [3.05, 3.63) is 12.2 Å². The van der Waals surface area contributed by atoms with E-state index in [9.17, 15) is 0 Å². The fourth-order valence-electron chi connectivity index (χ4n) is 2.07. The van der Waals surface area contributed by atoms with Gasteiger partial charge < -0.3 is 5.32 Å². The van der Waals surface area contributed by atoms with Crippen molar-refractivity contribution in [2.24, 2.45) is 0 Å². The Labute approximate surface area is 111 Å². The molecule has 1 rings (SSSR count). The quantitative estimate of drug-likeness (QED) is 0.615. The zero-order valence-corrected chi connectivity index (χ0v) is 12.0. The summed E-state index contributed by atoms with van der Waals surface area (Å²) in [7, 11) is 0. The third-order valence-corrected chi connectivity index (χ3v) is 3.20. The normalized spacial score (nSPS) is 11.0. The van der Waals surface area contributed by atoms with Gasteiger partial charge in [0.25, 0.3) is 0 Å². The van der Waals surface area contributed by atoms with Crippen LogP contribution in [0.2, 0.25) is 0 Å². The van der Waals surface area contributed by atoms with Gasteiger partial charge in [0.1, 0.15) is 12.2 Å². The van der Waals surface area contributed by atoms with Crippen LogP contribution in [0.1, 0.15) is 64.6 Å². The molecule has 0 saturated heterocycles. The third-order valence-electron chi connectivity index (χ3n) is 3.20. The molecule has 0 amide bonds. The average molecular weight is 252 g/mol. The number of nitrogens with zero attached hydrogens (tertiary/aromatic N) is 3. The largest absolute Gasteiger partial charge is 0.310 e. The summed E-state index contributed by atoms with van der Waals surface area (Å²) in [6, 6.07) is 0. The number of rotatable bonds is 11. The number of aromatic nitrogens is 3. The van der Waals surface area contributed by atoms with Gasteiger partial charge in [-0.25, -0.2) is 9.67 Å². The first-order chi connectivity index (χ1) is 8.88. The Hall–Kier alpha value is -0.900. The van der Waals surface area contributed by atoms with E-state index in [2.05, 4.69) is 29.2 Å². The maximum Gasteiger partial charge on any atom is 0.140 e. The first-order valence-corrected chi connectivity index (χ1v) is 7.45. The van der Waals surface area contributed by atoms with E-state index in [1.165, 1.54) is 44.9 Å². The minimum atomic E-state index is 0.826. The van der Waals surface area contributed by atoms with E-state index < -0.39 is 0 Å². The Kier molecular flexibility index (Phi) is 8.47. The lowest BCUT2D eigenvalue weighted by Crippen LogP contribution is -2.17. The molecule has 0 atom stereocenters. The van der Waals surface area contributed by atoms with E-state index in [1.807, 2.05) is 4.68 Å². The van der Waals surface area contributed by atoms with E-state index in [0.29, 0.717) is 0 Å². The van der Waals surface area contributed by atoms with Gasteiger partial charge in [-0.05, 0) is 13.0 Å². The summed E-state index contributed by atoms with van der Waals surface area (Å²) in [4.78, 5) is 4.28. The molecule has 0 spiro atoms. The standard InChI is InChI=1S/C14H28N4/c1-3-5-6-7-8-9-10-11-18-14(12-15-4-2)16-13-17-18/h13,15H,3-12H2,1-2H3. The minimum Gasteiger partial charge on any atom is -0.310 e. The van der Waals surface area contributed by atoms with Crippen molar-refractivity contribution in [1.82, 2.24) is 20.1 Å². The molecule has 0 aliphatic carbocycles. The van der Waals surface area contributed by atoms with Crippen LogP contribution in [-0.4, -0.2) is 21.3 Å². The van der Waals surface area contributed by atoms with Crippen molar-refractivity contribution in [2.75, 3.05) is 6.54 Å². The molecule has 1 aromatic rings. The van der Waals surface area contributed by atoms with Crippen LogP contribution in [0.25, 0.3) is 0 Å². The van der Waals surface area contributed by atoms with Crippen LogP contribution >= 0.6 is 0 Å². The molecule has 1 N–H and O–H groups in total. The highest BCUT2D eigenvalue weighted by atomic mass is 15.3. The predicted molar refractivity (Wildman–Crippen MR) is 75.4 cm³/mol. The molecule has 0 fully saturated rings. The topological polar surface area (TPSA) is 42.7 Å². The van der Waals surface area contributed by atoms with Gasteiger partial charge in [-0.15, -0.1) is 0 Å². The number of unbranched alkanes of at least 4 members (excludes halogenated alkanes) is 6. The molecule has 1 aromatic heterocycles. The van der Waals surface area contributed by atoms with Gasteiger partial charge in [-0.1, -0.05) is 52.4 Å². The van der Waals surface area contributed by atoms with Crippen molar-refractivity contribution < 1.29 is 0 Å². The summed E-state index contributed by atoms with van der Waals surface area (Å²) >= 11 is 0. The highest BCUT2D eigenvalue weighted by molar-refractivity contribution is 4.83. The maximum absolute atomic E-state index is 4.28. The Morgan fingerprint density at radius 3 is 2.50 bits per heavy atom. The van der Waals surface area contributed by atoms with E-state index in [4.69, 9.17) is 0 Å². The molecule has 18 heavy (non-hydrogen) atoms. The van der Waals surface area contributed by atoms with Gasteiger partial charge in [0, 0.05) is 6.54 Å². The monoisotopic (exact) mass is 252 g/mol. The average Bonchev–Trinajstić information content (AvgIpc) is 2.83. The van der Waals surface area contributed by atoms with Gasteiger partial charge >= 0.3 is 0 Å². The molecule has 1 heterocycles. The minimum absolute atomic E-state index is 0.826. The summed E-state index contributed by atoms with van der Waals surface area (Å²) < 4.78 is 2.04. The number of nitrogens with one attached hydrogen (secondary N) is 1. The first-order valence-electron chi connectivity index (χ1n) is 7.45. The molecule has 0 aliphatic rings. The van der Waals surface area contributed by atoms with Crippen LogP contribution in [0.15, 0.2) is 6.33 Å². The fourth-order valence-corrected chi connectivity index (χ4v) is 2.07. The lowest BCUT2D eigenvalue weighted by molar-refractivity contribution is 0.499. The van der Waals surface area contributed by atoms with Crippen molar-refractivity contribution in [3.8, 4) is 0 Å².